The largest absolute Gasteiger partial charge is 0.493 e. The molecule has 4 heteroatoms. The van der Waals surface area contributed by atoms with Crippen LogP contribution in [0, 0.1) is 6.92 Å². The lowest BCUT2D eigenvalue weighted by Crippen LogP contribution is -2.18. The molecule has 0 saturated heterocycles. The van der Waals surface area contributed by atoms with E-state index in [1.54, 1.807) is 7.05 Å². The number of amides is 1. The summed E-state index contributed by atoms with van der Waals surface area (Å²) in [5.74, 6) is 0.858. The van der Waals surface area contributed by atoms with E-state index in [0.29, 0.717) is 19.4 Å². The summed E-state index contributed by atoms with van der Waals surface area (Å²) in [6.45, 7) is 4.47. The Labute approximate surface area is 109 Å². The fourth-order valence-corrected chi connectivity index (χ4v) is 1.68. The first-order valence-electron chi connectivity index (χ1n) is 6.24. The molecule has 0 aliphatic heterocycles. The van der Waals surface area contributed by atoms with E-state index >= 15 is 0 Å². The van der Waals surface area contributed by atoms with Crippen LogP contribution in [0.5, 0.6) is 5.75 Å². The monoisotopic (exact) mass is 250 g/mol. The fraction of sp³-hybridized carbons (Fsp3) is 0.500. The predicted molar refractivity (Wildman–Crippen MR) is 72.6 cm³/mol. The van der Waals surface area contributed by atoms with Crippen molar-refractivity contribution in [2.24, 2.45) is 5.73 Å². The second-order valence-corrected chi connectivity index (χ2v) is 4.46. The van der Waals surface area contributed by atoms with Gasteiger partial charge in [0.1, 0.15) is 5.75 Å². The maximum absolute atomic E-state index is 11.1. The number of carbonyl (C=O) groups excluding carboxylic acids is 1. The number of carbonyl (C=O) groups is 1. The molecule has 0 fully saturated rings. The van der Waals surface area contributed by atoms with Crippen LogP contribution in [0.25, 0.3) is 0 Å². The minimum Gasteiger partial charge on any atom is -0.493 e. The average Bonchev–Trinajstić information content (AvgIpc) is 2.34. The van der Waals surface area contributed by atoms with Gasteiger partial charge in [-0.05, 0) is 31.9 Å². The number of rotatable bonds is 6. The minimum absolute atomic E-state index is 0.0373. The van der Waals surface area contributed by atoms with Gasteiger partial charge in [-0.15, -0.1) is 0 Å². The molecule has 0 aliphatic rings. The van der Waals surface area contributed by atoms with E-state index in [1.165, 1.54) is 0 Å². The molecular weight excluding hydrogens is 228 g/mol. The Morgan fingerprint density at radius 3 is 2.83 bits per heavy atom. The fourth-order valence-electron chi connectivity index (χ4n) is 1.68. The topological polar surface area (TPSA) is 64.3 Å². The van der Waals surface area contributed by atoms with Crippen molar-refractivity contribution in [3.8, 4) is 5.75 Å². The molecule has 0 aromatic heterocycles. The van der Waals surface area contributed by atoms with Gasteiger partial charge in [-0.25, -0.2) is 0 Å². The van der Waals surface area contributed by atoms with E-state index in [9.17, 15) is 4.79 Å². The van der Waals surface area contributed by atoms with Gasteiger partial charge in [-0.2, -0.15) is 0 Å². The summed E-state index contributed by atoms with van der Waals surface area (Å²) in [4.78, 5) is 11.1. The highest BCUT2D eigenvalue weighted by molar-refractivity contribution is 5.75. The van der Waals surface area contributed by atoms with Crippen LogP contribution in [0.3, 0.4) is 0 Å². The van der Waals surface area contributed by atoms with Crippen LogP contribution in [0.4, 0.5) is 0 Å². The number of ether oxygens (including phenoxy) is 1. The molecule has 1 aromatic rings. The molecule has 0 aliphatic carbocycles. The lowest BCUT2D eigenvalue weighted by Gasteiger charge is -2.14. The van der Waals surface area contributed by atoms with E-state index in [2.05, 4.69) is 5.32 Å². The number of nitrogens with two attached hydrogens (primary N) is 1. The van der Waals surface area contributed by atoms with Gasteiger partial charge < -0.3 is 15.8 Å². The summed E-state index contributed by atoms with van der Waals surface area (Å²) < 4.78 is 5.71. The molecule has 0 heterocycles. The first-order chi connectivity index (χ1) is 8.54. The molecular formula is C14H22N2O2. The van der Waals surface area contributed by atoms with E-state index in [-0.39, 0.29) is 11.9 Å². The van der Waals surface area contributed by atoms with Crippen molar-refractivity contribution in [2.45, 2.75) is 32.7 Å². The first kappa shape index (κ1) is 14.5. The second-order valence-electron chi connectivity index (χ2n) is 4.46. The average molecular weight is 250 g/mol. The van der Waals surface area contributed by atoms with Crippen LogP contribution in [-0.4, -0.2) is 19.6 Å². The second kappa shape index (κ2) is 7.01. The molecule has 0 unspecified atom stereocenters. The Morgan fingerprint density at radius 1 is 1.50 bits per heavy atom. The van der Waals surface area contributed by atoms with Gasteiger partial charge in [0.05, 0.1) is 6.61 Å². The highest BCUT2D eigenvalue weighted by Crippen LogP contribution is 2.25. The zero-order chi connectivity index (χ0) is 13.5. The number of aryl methyl sites for hydroxylation is 1. The smallest absolute Gasteiger partial charge is 0.219 e. The summed E-state index contributed by atoms with van der Waals surface area (Å²) in [6, 6.07) is 5.95. The van der Waals surface area contributed by atoms with Gasteiger partial charge in [-0.1, -0.05) is 12.1 Å². The summed E-state index contributed by atoms with van der Waals surface area (Å²) in [5.41, 5.74) is 8.03. The molecule has 3 N–H and O–H groups in total. The SMILES string of the molecule is CNC(=O)CCCOc1cc(C)ccc1[C@@H](C)N. The Bertz CT molecular complexity index is 403. The zero-order valence-corrected chi connectivity index (χ0v) is 11.3. The quantitative estimate of drug-likeness (QED) is 0.758. The summed E-state index contributed by atoms with van der Waals surface area (Å²) in [7, 11) is 1.64. The third-order valence-corrected chi connectivity index (χ3v) is 2.74. The highest BCUT2D eigenvalue weighted by Gasteiger charge is 2.08. The summed E-state index contributed by atoms with van der Waals surface area (Å²) >= 11 is 0. The lowest BCUT2D eigenvalue weighted by molar-refractivity contribution is -0.120. The van der Waals surface area contributed by atoms with Gasteiger partial charge >= 0.3 is 0 Å². The van der Waals surface area contributed by atoms with Gasteiger partial charge in [0.2, 0.25) is 5.91 Å². The van der Waals surface area contributed by atoms with Crippen molar-refractivity contribution in [1.29, 1.82) is 0 Å². The standard InChI is InChI=1S/C14H22N2O2/c1-10-6-7-12(11(2)15)13(9-10)18-8-4-5-14(17)16-3/h6-7,9,11H,4-5,8,15H2,1-3H3,(H,16,17)/t11-/m1/s1. The van der Waals surface area contributed by atoms with Crippen LogP contribution in [0.2, 0.25) is 0 Å². The minimum atomic E-state index is -0.0560. The molecule has 0 saturated carbocycles. The summed E-state index contributed by atoms with van der Waals surface area (Å²) in [6.07, 6.45) is 1.18. The number of hydrogen-bond donors (Lipinski definition) is 2. The van der Waals surface area contributed by atoms with Gasteiger partial charge in [-0.3, -0.25) is 4.79 Å². The molecule has 0 bridgehead atoms. The Hall–Kier alpha value is -1.55. The van der Waals surface area contributed by atoms with E-state index < -0.39 is 0 Å². The Kier molecular flexibility index (Phi) is 5.65. The number of nitrogens with one attached hydrogen (secondary N) is 1. The highest BCUT2D eigenvalue weighted by atomic mass is 16.5. The molecule has 0 radical (unpaired) electrons. The van der Waals surface area contributed by atoms with Crippen LogP contribution >= 0.6 is 0 Å². The van der Waals surface area contributed by atoms with Crippen molar-refractivity contribution < 1.29 is 9.53 Å². The maximum Gasteiger partial charge on any atom is 0.219 e. The molecule has 1 aromatic carbocycles. The maximum atomic E-state index is 11.1. The van der Waals surface area contributed by atoms with E-state index in [4.69, 9.17) is 10.5 Å². The number of hydrogen-bond acceptors (Lipinski definition) is 3. The van der Waals surface area contributed by atoms with E-state index in [0.717, 1.165) is 16.9 Å². The third kappa shape index (κ3) is 4.37. The van der Waals surface area contributed by atoms with Crippen LogP contribution in [0.1, 0.15) is 36.9 Å². The normalized spacial score (nSPS) is 12.0. The number of benzene rings is 1. The third-order valence-electron chi connectivity index (χ3n) is 2.74. The lowest BCUT2D eigenvalue weighted by atomic mass is 10.1. The Morgan fingerprint density at radius 2 is 2.22 bits per heavy atom. The van der Waals surface area contributed by atoms with Crippen molar-refractivity contribution in [1.82, 2.24) is 5.32 Å². The zero-order valence-electron chi connectivity index (χ0n) is 11.3. The van der Waals surface area contributed by atoms with Crippen LogP contribution in [0.15, 0.2) is 18.2 Å². The van der Waals surface area contributed by atoms with Crippen LogP contribution < -0.4 is 15.8 Å². The van der Waals surface area contributed by atoms with E-state index in [1.807, 2.05) is 32.0 Å². The van der Waals surface area contributed by atoms with Gasteiger partial charge in [0, 0.05) is 25.1 Å². The molecule has 100 valence electrons. The molecule has 1 rings (SSSR count). The first-order valence-corrected chi connectivity index (χ1v) is 6.24. The summed E-state index contributed by atoms with van der Waals surface area (Å²) in [5, 5.41) is 2.59. The van der Waals surface area contributed by atoms with Crippen molar-refractivity contribution in [3.63, 3.8) is 0 Å². The molecule has 4 nitrogen and oxygen atoms in total. The van der Waals surface area contributed by atoms with Crippen molar-refractivity contribution in [3.05, 3.63) is 29.3 Å². The Balaban J connectivity index is 2.55. The molecule has 1 amide bonds. The predicted octanol–water partition coefficient (Wildman–Crippen LogP) is 1.92. The molecule has 0 spiro atoms. The molecule has 18 heavy (non-hydrogen) atoms. The van der Waals surface area contributed by atoms with Gasteiger partial charge in [0.25, 0.3) is 0 Å². The molecule has 1 atom stereocenters. The van der Waals surface area contributed by atoms with Crippen LogP contribution in [-0.2, 0) is 4.79 Å². The van der Waals surface area contributed by atoms with Crippen molar-refractivity contribution >= 4 is 5.91 Å². The van der Waals surface area contributed by atoms with Crippen molar-refractivity contribution in [2.75, 3.05) is 13.7 Å². The van der Waals surface area contributed by atoms with Gasteiger partial charge in [0.15, 0.2) is 0 Å².